The Morgan fingerprint density at radius 2 is 2.00 bits per heavy atom. The van der Waals surface area contributed by atoms with Crippen LogP contribution in [0.5, 0.6) is 0 Å². The first-order valence-corrected chi connectivity index (χ1v) is 4.70. The van der Waals surface area contributed by atoms with Crippen LogP contribution in [0.2, 0.25) is 0 Å². The molecule has 0 aliphatic rings. The highest BCUT2D eigenvalue weighted by atomic mass is 79.9. The molecule has 0 heterocycles. The van der Waals surface area contributed by atoms with Crippen LogP contribution in [0.4, 0.5) is 0 Å². The van der Waals surface area contributed by atoms with Crippen LogP contribution in [0.1, 0.15) is 11.6 Å². The van der Waals surface area contributed by atoms with Gasteiger partial charge in [0.1, 0.15) is 0 Å². The molecule has 0 fully saturated rings. The second-order valence-electron chi connectivity index (χ2n) is 2.63. The Labute approximate surface area is 81.3 Å². The van der Waals surface area contributed by atoms with Gasteiger partial charge in [-0.1, -0.05) is 28.1 Å². The highest BCUT2D eigenvalue weighted by Crippen LogP contribution is 2.15. The molecule has 12 heavy (non-hydrogen) atoms. The van der Waals surface area contributed by atoms with Gasteiger partial charge < -0.3 is 11.1 Å². The van der Waals surface area contributed by atoms with Gasteiger partial charge in [-0.05, 0) is 24.7 Å². The molecule has 1 rings (SSSR count). The Bertz CT molecular complexity index is 229. The number of halogens is 1. The predicted molar refractivity (Wildman–Crippen MR) is 55.0 cm³/mol. The van der Waals surface area contributed by atoms with Crippen molar-refractivity contribution in [1.82, 2.24) is 5.32 Å². The Kier molecular flexibility index (Phi) is 3.72. The summed E-state index contributed by atoms with van der Waals surface area (Å²) in [6.07, 6.45) is 0. The number of rotatable bonds is 3. The van der Waals surface area contributed by atoms with E-state index in [1.165, 1.54) is 5.56 Å². The van der Waals surface area contributed by atoms with Gasteiger partial charge in [0.05, 0.1) is 0 Å². The molecule has 1 aromatic carbocycles. The molecule has 0 radical (unpaired) electrons. The lowest BCUT2D eigenvalue weighted by molar-refractivity contribution is 0.605. The van der Waals surface area contributed by atoms with Crippen LogP contribution in [-0.4, -0.2) is 13.6 Å². The molecule has 0 bridgehead atoms. The molecule has 2 nitrogen and oxygen atoms in total. The highest BCUT2D eigenvalue weighted by molar-refractivity contribution is 9.10. The van der Waals surface area contributed by atoms with E-state index in [9.17, 15) is 0 Å². The quantitative estimate of drug-likeness (QED) is 0.827. The van der Waals surface area contributed by atoms with Crippen LogP contribution in [-0.2, 0) is 0 Å². The first-order chi connectivity index (χ1) is 5.77. The third kappa shape index (κ3) is 2.30. The SMILES string of the molecule is CN[C@H](CN)c1ccc(Br)cc1. The molecular weight excluding hydrogens is 216 g/mol. The van der Waals surface area contributed by atoms with Crippen LogP contribution in [0.25, 0.3) is 0 Å². The molecule has 0 saturated heterocycles. The third-order valence-electron chi connectivity index (χ3n) is 1.86. The van der Waals surface area contributed by atoms with Crippen molar-refractivity contribution in [2.24, 2.45) is 5.73 Å². The minimum absolute atomic E-state index is 0.262. The summed E-state index contributed by atoms with van der Waals surface area (Å²) in [4.78, 5) is 0. The van der Waals surface area contributed by atoms with E-state index in [1.807, 2.05) is 19.2 Å². The zero-order valence-corrected chi connectivity index (χ0v) is 8.64. The summed E-state index contributed by atoms with van der Waals surface area (Å²) in [6.45, 7) is 0.623. The molecular formula is C9H13BrN2. The van der Waals surface area contributed by atoms with Gasteiger partial charge in [-0.3, -0.25) is 0 Å². The summed E-state index contributed by atoms with van der Waals surface area (Å²) in [5.41, 5.74) is 6.80. The summed E-state index contributed by atoms with van der Waals surface area (Å²) < 4.78 is 1.10. The molecule has 0 aliphatic carbocycles. The van der Waals surface area contributed by atoms with Gasteiger partial charge in [0.2, 0.25) is 0 Å². The minimum Gasteiger partial charge on any atom is -0.329 e. The molecule has 0 amide bonds. The van der Waals surface area contributed by atoms with Crippen molar-refractivity contribution >= 4 is 15.9 Å². The Morgan fingerprint density at radius 3 is 2.42 bits per heavy atom. The number of nitrogens with two attached hydrogens (primary N) is 1. The van der Waals surface area contributed by atoms with E-state index in [0.29, 0.717) is 6.54 Å². The van der Waals surface area contributed by atoms with Gasteiger partial charge in [-0.15, -0.1) is 0 Å². The fourth-order valence-electron chi connectivity index (χ4n) is 1.12. The molecule has 1 aromatic rings. The van der Waals surface area contributed by atoms with Crippen molar-refractivity contribution in [3.8, 4) is 0 Å². The number of likely N-dealkylation sites (N-methyl/N-ethyl adjacent to an activating group) is 1. The van der Waals surface area contributed by atoms with Crippen molar-refractivity contribution in [2.75, 3.05) is 13.6 Å². The summed E-state index contributed by atoms with van der Waals surface area (Å²) in [5.74, 6) is 0. The highest BCUT2D eigenvalue weighted by Gasteiger charge is 2.04. The first-order valence-electron chi connectivity index (χ1n) is 3.90. The van der Waals surface area contributed by atoms with Crippen LogP contribution < -0.4 is 11.1 Å². The number of hydrogen-bond acceptors (Lipinski definition) is 2. The van der Waals surface area contributed by atoms with Crippen LogP contribution in [0, 0.1) is 0 Å². The maximum Gasteiger partial charge on any atom is 0.0442 e. The average Bonchev–Trinajstić information content (AvgIpc) is 2.10. The first kappa shape index (κ1) is 9.71. The van der Waals surface area contributed by atoms with Crippen LogP contribution >= 0.6 is 15.9 Å². The third-order valence-corrected chi connectivity index (χ3v) is 2.39. The Balaban J connectivity index is 2.80. The van der Waals surface area contributed by atoms with E-state index in [2.05, 4.69) is 33.4 Å². The van der Waals surface area contributed by atoms with E-state index in [0.717, 1.165) is 4.47 Å². The van der Waals surface area contributed by atoms with Crippen molar-refractivity contribution in [3.05, 3.63) is 34.3 Å². The monoisotopic (exact) mass is 228 g/mol. The molecule has 1 atom stereocenters. The maximum atomic E-state index is 5.58. The topological polar surface area (TPSA) is 38.0 Å². The summed E-state index contributed by atoms with van der Waals surface area (Å²) in [7, 11) is 1.92. The number of hydrogen-bond donors (Lipinski definition) is 2. The second-order valence-corrected chi connectivity index (χ2v) is 3.54. The normalized spacial score (nSPS) is 12.9. The van der Waals surface area contributed by atoms with Gasteiger partial charge in [0.25, 0.3) is 0 Å². The lowest BCUT2D eigenvalue weighted by atomic mass is 10.1. The summed E-state index contributed by atoms with van der Waals surface area (Å²) in [6, 6.07) is 8.44. The van der Waals surface area contributed by atoms with E-state index in [1.54, 1.807) is 0 Å². The van der Waals surface area contributed by atoms with E-state index in [4.69, 9.17) is 5.73 Å². The lowest BCUT2D eigenvalue weighted by Crippen LogP contribution is -2.24. The van der Waals surface area contributed by atoms with Gasteiger partial charge in [0.15, 0.2) is 0 Å². The van der Waals surface area contributed by atoms with Crippen molar-refractivity contribution < 1.29 is 0 Å². The van der Waals surface area contributed by atoms with Gasteiger partial charge >= 0.3 is 0 Å². The molecule has 0 spiro atoms. The smallest absolute Gasteiger partial charge is 0.0442 e. The standard InChI is InChI=1S/C9H13BrN2/c1-12-9(6-11)7-2-4-8(10)5-3-7/h2-5,9,12H,6,11H2,1H3/t9-/m1/s1. The van der Waals surface area contributed by atoms with Crippen LogP contribution in [0.3, 0.4) is 0 Å². The van der Waals surface area contributed by atoms with Crippen LogP contribution in [0.15, 0.2) is 28.7 Å². The van der Waals surface area contributed by atoms with E-state index in [-0.39, 0.29) is 6.04 Å². The van der Waals surface area contributed by atoms with E-state index < -0.39 is 0 Å². The maximum absolute atomic E-state index is 5.58. The largest absolute Gasteiger partial charge is 0.329 e. The summed E-state index contributed by atoms with van der Waals surface area (Å²) >= 11 is 3.39. The Hall–Kier alpha value is -0.380. The molecule has 0 unspecified atom stereocenters. The fourth-order valence-corrected chi connectivity index (χ4v) is 1.38. The van der Waals surface area contributed by atoms with Gasteiger partial charge in [-0.2, -0.15) is 0 Å². The Morgan fingerprint density at radius 1 is 1.42 bits per heavy atom. The molecule has 0 aromatic heterocycles. The average molecular weight is 229 g/mol. The van der Waals surface area contributed by atoms with Gasteiger partial charge in [-0.25, -0.2) is 0 Å². The lowest BCUT2D eigenvalue weighted by Gasteiger charge is -2.13. The molecule has 66 valence electrons. The fraction of sp³-hybridized carbons (Fsp3) is 0.333. The second kappa shape index (κ2) is 4.60. The molecule has 0 saturated carbocycles. The van der Waals surface area contributed by atoms with Crippen molar-refractivity contribution in [1.29, 1.82) is 0 Å². The zero-order chi connectivity index (χ0) is 8.97. The molecule has 3 heteroatoms. The number of nitrogens with one attached hydrogen (secondary N) is 1. The van der Waals surface area contributed by atoms with Crippen molar-refractivity contribution in [3.63, 3.8) is 0 Å². The molecule has 0 aliphatic heterocycles. The summed E-state index contributed by atoms with van der Waals surface area (Å²) in [5, 5.41) is 3.15. The van der Waals surface area contributed by atoms with Crippen molar-refractivity contribution in [2.45, 2.75) is 6.04 Å². The van der Waals surface area contributed by atoms with E-state index >= 15 is 0 Å². The zero-order valence-electron chi connectivity index (χ0n) is 7.05. The molecule has 3 N–H and O–H groups in total. The number of benzene rings is 1. The minimum atomic E-state index is 0.262. The predicted octanol–water partition coefficient (Wildman–Crippen LogP) is 1.67. The van der Waals surface area contributed by atoms with Gasteiger partial charge in [0, 0.05) is 17.1 Å².